The molecule has 1 fully saturated rings. The number of ether oxygens (including phenoxy) is 1. The van der Waals surface area contributed by atoms with Crippen molar-refractivity contribution in [3.05, 3.63) is 68.0 Å². The number of hydrogen-bond donors (Lipinski definition) is 1. The van der Waals surface area contributed by atoms with Crippen LogP contribution in [0.25, 0.3) is 11.0 Å². The van der Waals surface area contributed by atoms with Crippen molar-refractivity contribution in [3.63, 3.8) is 0 Å². The van der Waals surface area contributed by atoms with Crippen LogP contribution in [0.5, 0.6) is 0 Å². The lowest BCUT2D eigenvalue weighted by Crippen LogP contribution is -2.42. The van der Waals surface area contributed by atoms with E-state index >= 15 is 0 Å². The van der Waals surface area contributed by atoms with E-state index in [-0.39, 0.29) is 29.1 Å². The number of hydrogen-bond acceptors (Lipinski definition) is 6. The van der Waals surface area contributed by atoms with E-state index in [1.807, 2.05) is 0 Å². The molecule has 1 aliphatic rings. The highest BCUT2D eigenvalue weighted by Crippen LogP contribution is 2.39. The van der Waals surface area contributed by atoms with Crippen molar-refractivity contribution in [1.82, 2.24) is 14.1 Å². The van der Waals surface area contributed by atoms with Gasteiger partial charge in [0.2, 0.25) is 5.91 Å². The monoisotopic (exact) mass is 458 g/mol. The van der Waals surface area contributed by atoms with E-state index in [9.17, 15) is 28.0 Å². The summed E-state index contributed by atoms with van der Waals surface area (Å²) in [4.78, 5) is 55.6. The number of nitrogens with zero attached hydrogens (tertiary/aromatic N) is 3. The standard InChI is InChI=1S/C22H20F2N4O5/c1-3-33-21(31)13-9-15(11-4-5-11)26-19-18(13)20(30)28(22(32)27(19)2)10-17(29)25-16-8-12(23)6-7-14(16)24/h6-9,11H,3-5,10H2,1-2H3,(H,25,29). The molecule has 9 nitrogen and oxygen atoms in total. The van der Waals surface area contributed by atoms with Crippen molar-refractivity contribution in [2.24, 2.45) is 7.05 Å². The number of esters is 1. The van der Waals surface area contributed by atoms with E-state index in [0.29, 0.717) is 10.3 Å². The third-order valence-electron chi connectivity index (χ3n) is 5.31. The fourth-order valence-corrected chi connectivity index (χ4v) is 3.52. The smallest absolute Gasteiger partial charge is 0.339 e. The Morgan fingerprint density at radius 1 is 1.21 bits per heavy atom. The molecule has 0 saturated heterocycles. The van der Waals surface area contributed by atoms with Crippen molar-refractivity contribution in [3.8, 4) is 0 Å². The minimum atomic E-state index is -0.932. The number of rotatable bonds is 6. The molecule has 2 aromatic heterocycles. The molecular formula is C22H20F2N4O5. The molecule has 0 aliphatic heterocycles. The van der Waals surface area contributed by atoms with Crippen LogP contribution in [-0.2, 0) is 23.1 Å². The Kier molecular flexibility index (Phi) is 5.79. The molecule has 3 aromatic rings. The molecular weight excluding hydrogens is 438 g/mol. The topological polar surface area (TPSA) is 112 Å². The van der Waals surface area contributed by atoms with Crippen molar-refractivity contribution in [2.45, 2.75) is 32.2 Å². The third-order valence-corrected chi connectivity index (χ3v) is 5.31. The first kappa shape index (κ1) is 22.3. The van der Waals surface area contributed by atoms with Crippen molar-refractivity contribution < 1.29 is 23.1 Å². The van der Waals surface area contributed by atoms with Gasteiger partial charge in [-0.15, -0.1) is 0 Å². The minimum Gasteiger partial charge on any atom is -0.462 e. The van der Waals surface area contributed by atoms with E-state index in [2.05, 4.69) is 10.3 Å². The average Bonchev–Trinajstić information content (AvgIpc) is 3.62. The summed E-state index contributed by atoms with van der Waals surface area (Å²) in [5.41, 5.74) is -1.66. The van der Waals surface area contributed by atoms with Gasteiger partial charge in [-0.3, -0.25) is 18.7 Å². The lowest BCUT2D eigenvalue weighted by Gasteiger charge is -2.14. The average molecular weight is 458 g/mol. The molecule has 1 aromatic carbocycles. The van der Waals surface area contributed by atoms with Gasteiger partial charge in [-0.2, -0.15) is 0 Å². The van der Waals surface area contributed by atoms with E-state index in [0.717, 1.165) is 35.6 Å². The molecule has 0 bridgehead atoms. The summed E-state index contributed by atoms with van der Waals surface area (Å²) in [6.07, 6.45) is 1.76. The number of benzene rings is 1. The Labute approximate surface area is 185 Å². The van der Waals surface area contributed by atoms with Gasteiger partial charge < -0.3 is 10.1 Å². The zero-order valence-electron chi connectivity index (χ0n) is 17.9. The zero-order chi connectivity index (χ0) is 23.9. The first-order chi connectivity index (χ1) is 15.7. The van der Waals surface area contributed by atoms with Crippen LogP contribution in [-0.4, -0.2) is 32.6 Å². The quantitative estimate of drug-likeness (QED) is 0.566. The second-order valence-electron chi connectivity index (χ2n) is 7.69. The maximum atomic E-state index is 13.8. The molecule has 1 amide bonds. The molecule has 33 heavy (non-hydrogen) atoms. The van der Waals surface area contributed by atoms with Gasteiger partial charge in [0.25, 0.3) is 5.56 Å². The second kappa shape index (κ2) is 8.57. The number of pyridine rings is 1. The summed E-state index contributed by atoms with van der Waals surface area (Å²) in [7, 11) is 1.36. The molecule has 11 heteroatoms. The van der Waals surface area contributed by atoms with Crippen LogP contribution in [0.2, 0.25) is 0 Å². The minimum absolute atomic E-state index is 0.00489. The lowest BCUT2D eigenvalue weighted by atomic mass is 10.1. The van der Waals surface area contributed by atoms with Crippen LogP contribution in [0.4, 0.5) is 14.5 Å². The van der Waals surface area contributed by atoms with Crippen LogP contribution in [0.15, 0.2) is 33.9 Å². The van der Waals surface area contributed by atoms with Gasteiger partial charge in [0, 0.05) is 24.7 Å². The van der Waals surface area contributed by atoms with Gasteiger partial charge in [-0.25, -0.2) is 23.4 Å². The maximum Gasteiger partial charge on any atom is 0.339 e. The van der Waals surface area contributed by atoms with Crippen LogP contribution in [0.3, 0.4) is 0 Å². The summed E-state index contributed by atoms with van der Waals surface area (Å²) in [5, 5.41) is 1.98. The number of fused-ring (bicyclic) bond motifs is 1. The molecule has 1 aliphatic carbocycles. The van der Waals surface area contributed by atoms with Gasteiger partial charge in [0.05, 0.1) is 23.2 Å². The highest BCUT2D eigenvalue weighted by Gasteiger charge is 2.29. The van der Waals surface area contributed by atoms with Crippen LogP contribution in [0.1, 0.15) is 41.7 Å². The highest BCUT2D eigenvalue weighted by molar-refractivity contribution is 6.02. The van der Waals surface area contributed by atoms with Gasteiger partial charge in [-0.05, 0) is 38.0 Å². The first-order valence-electron chi connectivity index (χ1n) is 10.3. The van der Waals surface area contributed by atoms with E-state index in [1.165, 1.54) is 13.1 Å². The summed E-state index contributed by atoms with van der Waals surface area (Å²) in [6.45, 7) is 0.903. The van der Waals surface area contributed by atoms with E-state index < -0.39 is 47.0 Å². The van der Waals surface area contributed by atoms with Gasteiger partial charge in [0.15, 0.2) is 0 Å². The predicted molar refractivity (Wildman–Crippen MR) is 114 cm³/mol. The second-order valence-corrected chi connectivity index (χ2v) is 7.69. The Morgan fingerprint density at radius 3 is 2.61 bits per heavy atom. The molecule has 0 unspecified atom stereocenters. The van der Waals surface area contributed by atoms with Gasteiger partial charge >= 0.3 is 11.7 Å². The normalized spacial score (nSPS) is 13.2. The first-order valence-corrected chi connectivity index (χ1v) is 10.3. The van der Waals surface area contributed by atoms with Crippen LogP contribution in [0, 0.1) is 11.6 Å². The summed E-state index contributed by atoms with van der Waals surface area (Å²) >= 11 is 0. The lowest BCUT2D eigenvalue weighted by molar-refractivity contribution is -0.116. The number of aromatic nitrogens is 3. The third kappa shape index (κ3) is 4.26. The Bertz CT molecular complexity index is 1410. The number of anilines is 1. The number of nitrogens with one attached hydrogen (secondary N) is 1. The molecule has 1 N–H and O–H groups in total. The summed E-state index contributed by atoms with van der Waals surface area (Å²) in [6, 6.07) is 3.97. The number of halogens is 2. The van der Waals surface area contributed by atoms with Crippen molar-refractivity contribution >= 4 is 28.6 Å². The molecule has 4 rings (SSSR count). The summed E-state index contributed by atoms with van der Waals surface area (Å²) < 4.78 is 34.0. The Morgan fingerprint density at radius 2 is 1.94 bits per heavy atom. The SMILES string of the molecule is CCOC(=O)c1cc(C2CC2)nc2c1c(=O)n(CC(=O)Nc1cc(F)ccc1F)c(=O)n2C. The number of aryl methyl sites for hydroxylation is 1. The van der Waals surface area contributed by atoms with Crippen LogP contribution < -0.4 is 16.6 Å². The Hall–Kier alpha value is -3.89. The van der Waals surface area contributed by atoms with Gasteiger partial charge in [0.1, 0.15) is 23.8 Å². The van der Waals surface area contributed by atoms with E-state index in [1.54, 1.807) is 6.92 Å². The number of amides is 1. The predicted octanol–water partition coefficient (Wildman–Crippen LogP) is 2.07. The maximum absolute atomic E-state index is 13.8. The van der Waals surface area contributed by atoms with Crippen molar-refractivity contribution in [2.75, 3.05) is 11.9 Å². The molecule has 2 heterocycles. The van der Waals surface area contributed by atoms with Crippen molar-refractivity contribution in [1.29, 1.82) is 0 Å². The summed E-state index contributed by atoms with van der Waals surface area (Å²) in [5.74, 6) is -3.21. The Balaban J connectivity index is 1.81. The molecule has 0 spiro atoms. The van der Waals surface area contributed by atoms with Crippen LogP contribution >= 0.6 is 0 Å². The molecule has 0 atom stereocenters. The number of carbonyl (C=O) groups excluding carboxylic acids is 2. The zero-order valence-corrected chi connectivity index (χ0v) is 17.9. The molecule has 172 valence electrons. The molecule has 0 radical (unpaired) electrons. The van der Waals surface area contributed by atoms with Gasteiger partial charge in [-0.1, -0.05) is 0 Å². The number of carbonyl (C=O) groups is 2. The van der Waals surface area contributed by atoms with E-state index in [4.69, 9.17) is 4.74 Å². The highest BCUT2D eigenvalue weighted by atomic mass is 19.1. The largest absolute Gasteiger partial charge is 0.462 e. The molecule has 1 saturated carbocycles. The fraction of sp³-hybridized carbons (Fsp3) is 0.318. The fourth-order valence-electron chi connectivity index (χ4n) is 3.52.